The van der Waals surface area contributed by atoms with Gasteiger partial charge in [0.25, 0.3) is 0 Å². The van der Waals surface area contributed by atoms with Crippen LogP contribution >= 0.6 is 0 Å². The van der Waals surface area contributed by atoms with Crippen LogP contribution in [0, 0.1) is 0 Å². The lowest BCUT2D eigenvalue weighted by Crippen LogP contribution is -2.39. The molecule has 0 spiro atoms. The van der Waals surface area contributed by atoms with Crippen LogP contribution in [0.5, 0.6) is 0 Å². The normalized spacial score (nSPS) is 22.6. The molecule has 1 aliphatic heterocycles. The maximum Gasteiger partial charge on any atom is 0.0112 e. The first-order chi connectivity index (χ1) is 7.31. The van der Waals surface area contributed by atoms with Gasteiger partial charge in [-0.25, -0.2) is 0 Å². The molecule has 3 heteroatoms. The minimum Gasteiger partial charge on any atom is -0.330 e. The Balaban J connectivity index is 2.40. The summed E-state index contributed by atoms with van der Waals surface area (Å²) >= 11 is 0. The molecule has 0 aromatic carbocycles. The maximum atomic E-state index is 5.67. The molecule has 0 aromatic rings. The van der Waals surface area contributed by atoms with Gasteiger partial charge in [-0.15, -0.1) is 0 Å². The predicted molar refractivity (Wildman–Crippen MR) is 66.1 cm³/mol. The van der Waals surface area contributed by atoms with E-state index in [4.69, 9.17) is 5.73 Å². The van der Waals surface area contributed by atoms with E-state index in [1.165, 1.54) is 45.6 Å². The van der Waals surface area contributed by atoms with E-state index in [1.807, 2.05) is 0 Å². The first kappa shape index (κ1) is 12.9. The van der Waals surface area contributed by atoms with Gasteiger partial charge in [0.1, 0.15) is 0 Å². The molecule has 0 aromatic heterocycles. The Labute approximate surface area is 94.6 Å². The molecular weight excluding hydrogens is 186 g/mol. The Morgan fingerprint density at radius 3 is 2.53 bits per heavy atom. The van der Waals surface area contributed by atoms with Crippen LogP contribution in [-0.2, 0) is 0 Å². The Kier molecular flexibility index (Phi) is 6.22. The van der Waals surface area contributed by atoms with E-state index in [2.05, 4.69) is 23.6 Å². The molecule has 1 saturated heterocycles. The lowest BCUT2D eigenvalue weighted by Gasteiger charge is -2.29. The van der Waals surface area contributed by atoms with Gasteiger partial charge in [-0.05, 0) is 45.4 Å². The molecule has 0 saturated carbocycles. The number of nitrogens with zero attached hydrogens (tertiary/aromatic N) is 2. The predicted octanol–water partition coefficient (Wildman–Crippen LogP) is 1.14. The van der Waals surface area contributed by atoms with E-state index >= 15 is 0 Å². The van der Waals surface area contributed by atoms with E-state index in [0.29, 0.717) is 6.04 Å². The highest BCUT2D eigenvalue weighted by atomic mass is 15.2. The van der Waals surface area contributed by atoms with Crippen LogP contribution in [0.1, 0.15) is 33.1 Å². The molecule has 0 amide bonds. The molecule has 15 heavy (non-hydrogen) atoms. The van der Waals surface area contributed by atoms with Gasteiger partial charge in [-0.1, -0.05) is 13.8 Å². The average molecular weight is 213 g/mol. The maximum absolute atomic E-state index is 5.67. The summed E-state index contributed by atoms with van der Waals surface area (Å²) in [6, 6.07) is 0.715. The van der Waals surface area contributed by atoms with Crippen LogP contribution in [0.4, 0.5) is 0 Å². The topological polar surface area (TPSA) is 32.5 Å². The molecular formula is C12H27N3. The quantitative estimate of drug-likeness (QED) is 0.743. The molecule has 1 aliphatic rings. The number of hydrogen-bond acceptors (Lipinski definition) is 3. The van der Waals surface area contributed by atoms with Crippen molar-refractivity contribution in [3.63, 3.8) is 0 Å². The largest absolute Gasteiger partial charge is 0.330 e. The fourth-order valence-electron chi connectivity index (χ4n) is 2.51. The molecule has 1 unspecified atom stereocenters. The van der Waals surface area contributed by atoms with Crippen molar-refractivity contribution in [2.45, 2.75) is 39.2 Å². The average Bonchev–Trinajstić information content (AvgIpc) is 2.51. The Bertz CT molecular complexity index is 161. The van der Waals surface area contributed by atoms with E-state index in [0.717, 1.165) is 13.0 Å². The Morgan fingerprint density at radius 2 is 1.93 bits per heavy atom. The fourth-order valence-corrected chi connectivity index (χ4v) is 2.51. The van der Waals surface area contributed by atoms with Crippen molar-refractivity contribution in [2.24, 2.45) is 5.73 Å². The third kappa shape index (κ3) is 4.09. The van der Waals surface area contributed by atoms with Crippen molar-refractivity contribution in [3.05, 3.63) is 0 Å². The monoisotopic (exact) mass is 213 g/mol. The van der Waals surface area contributed by atoms with Crippen molar-refractivity contribution in [2.75, 3.05) is 39.3 Å². The van der Waals surface area contributed by atoms with Crippen LogP contribution < -0.4 is 5.73 Å². The van der Waals surface area contributed by atoms with Gasteiger partial charge >= 0.3 is 0 Å². The number of hydrogen-bond donors (Lipinski definition) is 1. The molecule has 1 rings (SSSR count). The zero-order valence-corrected chi connectivity index (χ0v) is 10.4. The van der Waals surface area contributed by atoms with Crippen molar-refractivity contribution in [3.8, 4) is 0 Å². The zero-order valence-electron chi connectivity index (χ0n) is 10.4. The van der Waals surface area contributed by atoms with E-state index in [9.17, 15) is 0 Å². The summed E-state index contributed by atoms with van der Waals surface area (Å²) in [5, 5.41) is 0. The minimum absolute atomic E-state index is 0.715. The van der Waals surface area contributed by atoms with Gasteiger partial charge in [0.2, 0.25) is 0 Å². The van der Waals surface area contributed by atoms with Gasteiger partial charge in [0.05, 0.1) is 0 Å². The van der Waals surface area contributed by atoms with Crippen LogP contribution in [0.15, 0.2) is 0 Å². The molecule has 1 fully saturated rings. The first-order valence-corrected chi connectivity index (χ1v) is 6.48. The molecule has 90 valence electrons. The van der Waals surface area contributed by atoms with Gasteiger partial charge in [-0.2, -0.15) is 0 Å². The standard InChI is InChI=1S/C12H27N3/c1-3-12(6-7-13)15-9-5-8-14(4-2)10-11-15/h12H,3-11,13H2,1-2H3. The summed E-state index contributed by atoms with van der Waals surface area (Å²) < 4.78 is 0. The lowest BCUT2D eigenvalue weighted by atomic mass is 10.1. The smallest absolute Gasteiger partial charge is 0.0112 e. The van der Waals surface area contributed by atoms with Crippen molar-refractivity contribution < 1.29 is 0 Å². The van der Waals surface area contributed by atoms with Crippen LogP contribution in [-0.4, -0.2) is 55.1 Å². The second-order valence-electron chi connectivity index (χ2n) is 4.46. The minimum atomic E-state index is 0.715. The molecule has 2 N–H and O–H groups in total. The van der Waals surface area contributed by atoms with Crippen LogP contribution in [0.25, 0.3) is 0 Å². The fraction of sp³-hybridized carbons (Fsp3) is 1.00. The summed E-state index contributed by atoms with van der Waals surface area (Å²) in [6.07, 6.45) is 3.71. The van der Waals surface area contributed by atoms with Gasteiger partial charge in [0.15, 0.2) is 0 Å². The highest BCUT2D eigenvalue weighted by Crippen LogP contribution is 2.12. The highest BCUT2D eigenvalue weighted by molar-refractivity contribution is 4.75. The lowest BCUT2D eigenvalue weighted by molar-refractivity contribution is 0.186. The summed E-state index contributed by atoms with van der Waals surface area (Å²) in [5.74, 6) is 0. The number of likely N-dealkylation sites (N-methyl/N-ethyl adjacent to an activating group) is 1. The van der Waals surface area contributed by atoms with E-state index in [1.54, 1.807) is 0 Å². The van der Waals surface area contributed by atoms with E-state index in [-0.39, 0.29) is 0 Å². The number of nitrogens with two attached hydrogens (primary N) is 1. The van der Waals surface area contributed by atoms with Crippen LogP contribution in [0.3, 0.4) is 0 Å². The molecule has 0 radical (unpaired) electrons. The van der Waals surface area contributed by atoms with Gasteiger partial charge < -0.3 is 10.6 Å². The van der Waals surface area contributed by atoms with Gasteiger partial charge in [0, 0.05) is 19.1 Å². The highest BCUT2D eigenvalue weighted by Gasteiger charge is 2.19. The van der Waals surface area contributed by atoms with E-state index < -0.39 is 0 Å². The zero-order chi connectivity index (χ0) is 11.1. The summed E-state index contributed by atoms with van der Waals surface area (Å²) in [5.41, 5.74) is 5.67. The SMILES string of the molecule is CCC(CCN)N1CCCN(CC)CC1. The number of rotatable bonds is 5. The summed E-state index contributed by atoms with van der Waals surface area (Å²) in [7, 11) is 0. The second-order valence-corrected chi connectivity index (χ2v) is 4.46. The second kappa shape index (κ2) is 7.20. The van der Waals surface area contributed by atoms with Crippen molar-refractivity contribution in [1.29, 1.82) is 0 Å². The third-order valence-electron chi connectivity index (χ3n) is 3.56. The first-order valence-electron chi connectivity index (χ1n) is 6.48. The van der Waals surface area contributed by atoms with Crippen molar-refractivity contribution >= 4 is 0 Å². The third-order valence-corrected chi connectivity index (χ3v) is 3.56. The Hall–Kier alpha value is -0.120. The van der Waals surface area contributed by atoms with Crippen LogP contribution in [0.2, 0.25) is 0 Å². The molecule has 1 heterocycles. The summed E-state index contributed by atoms with van der Waals surface area (Å²) in [4.78, 5) is 5.19. The molecule has 0 aliphatic carbocycles. The van der Waals surface area contributed by atoms with Gasteiger partial charge in [-0.3, -0.25) is 4.90 Å². The van der Waals surface area contributed by atoms with Crippen molar-refractivity contribution in [1.82, 2.24) is 9.80 Å². The summed E-state index contributed by atoms with van der Waals surface area (Å²) in [6.45, 7) is 11.6. The molecule has 1 atom stereocenters. The molecule has 3 nitrogen and oxygen atoms in total. The molecule has 0 bridgehead atoms. The Morgan fingerprint density at radius 1 is 1.13 bits per heavy atom.